The van der Waals surface area contributed by atoms with Crippen molar-refractivity contribution < 1.29 is 14.7 Å². The lowest BCUT2D eigenvalue weighted by Gasteiger charge is -2.10. The van der Waals surface area contributed by atoms with E-state index >= 15 is 0 Å². The molecule has 3 rings (SSSR count). The lowest BCUT2D eigenvalue weighted by Crippen LogP contribution is -2.34. The minimum atomic E-state index is -1.11. The molecule has 0 atom stereocenters. The lowest BCUT2D eigenvalue weighted by molar-refractivity contribution is -0.140. The van der Waals surface area contributed by atoms with Gasteiger partial charge in [0.1, 0.15) is 6.54 Å². The molecular formula is C19H15N3O3S. The van der Waals surface area contributed by atoms with E-state index in [0.717, 1.165) is 27.8 Å². The predicted octanol–water partition coefficient (Wildman–Crippen LogP) is 3.08. The zero-order chi connectivity index (χ0) is 18.4. The first kappa shape index (κ1) is 17.6. The molecule has 1 N–H and O–H groups in total. The Balaban J connectivity index is 1.86. The maximum atomic E-state index is 12.5. The Hall–Kier alpha value is -3.19. The molecule has 0 unspecified atom stereocenters. The molecule has 1 fully saturated rings. The first-order valence-corrected chi connectivity index (χ1v) is 8.59. The van der Waals surface area contributed by atoms with Crippen LogP contribution in [0.1, 0.15) is 11.1 Å². The minimum absolute atomic E-state index is 0.242. The molecule has 1 heterocycles. The number of thioether (sulfide) groups is 1. The van der Waals surface area contributed by atoms with Crippen molar-refractivity contribution in [3.63, 3.8) is 0 Å². The third-order valence-electron chi connectivity index (χ3n) is 3.43. The van der Waals surface area contributed by atoms with E-state index in [0.29, 0.717) is 4.91 Å². The molecule has 0 saturated carbocycles. The molecule has 2 aromatic carbocycles. The van der Waals surface area contributed by atoms with E-state index in [9.17, 15) is 9.59 Å². The second-order valence-electron chi connectivity index (χ2n) is 5.34. The average Bonchev–Trinajstić information content (AvgIpc) is 2.92. The molecule has 1 saturated heterocycles. The maximum Gasteiger partial charge on any atom is 0.323 e. The van der Waals surface area contributed by atoms with Gasteiger partial charge in [0.2, 0.25) is 0 Å². The second kappa shape index (κ2) is 8.26. The van der Waals surface area contributed by atoms with Crippen LogP contribution in [0.15, 0.2) is 75.8 Å². The molecule has 2 aromatic rings. The Kier molecular flexibility index (Phi) is 5.60. The summed E-state index contributed by atoms with van der Waals surface area (Å²) in [6.45, 7) is -0.461. The van der Waals surface area contributed by atoms with E-state index in [1.54, 1.807) is 12.3 Å². The van der Waals surface area contributed by atoms with E-state index in [2.05, 4.69) is 10.2 Å². The summed E-state index contributed by atoms with van der Waals surface area (Å²) in [5, 5.41) is 17.3. The maximum absolute atomic E-state index is 12.5. The number of carbonyl (C=O) groups is 2. The van der Waals surface area contributed by atoms with Crippen LogP contribution in [0.3, 0.4) is 0 Å². The van der Waals surface area contributed by atoms with Gasteiger partial charge in [-0.05, 0) is 29.0 Å². The molecule has 0 aromatic heterocycles. The fourth-order valence-electron chi connectivity index (χ4n) is 2.24. The van der Waals surface area contributed by atoms with E-state index in [-0.39, 0.29) is 5.17 Å². The molecule has 0 radical (unpaired) electrons. The van der Waals surface area contributed by atoms with Gasteiger partial charge in [0.15, 0.2) is 5.17 Å². The Labute approximate surface area is 154 Å². The number of carboxylic acid groups (broad SMARTS) is 1. The third kappa shape index (κ3) is 4.46. The topological polar surface area (TPSA) is 82.3 Å². The zero-order valence-corrected chi connectivity index (χ0v) is 14.5. The van der Waals surface area contributed by atoms with Gasteiger partial charge >= 0.3 is 5.97 Å². The van der Waals surface area contributed by atoms with Crippen LogP contribution in [-0.2, 0) is 9.59 Å². The van der Waals surface area contributed by atoms with Gasteiger partial charge in [-0.2, -0.15) is 5.10 Å². The summed E-state index contributed by atoms with van der Waals surface area (Å²) in [5.74, 6) is -1.51. The predicted molar refractivity (Wildman–Crippen MR) is 103 cm³/mol. The first-order valence-electron chi connectivity index (χ1n) is 7.78. The molecule has 1 aliphatic rings. The number of nitrogens with zero attached hydrogens (tertiary/aromatic N) is 3. The van der Waals surface area contributed by atoms with Crippen LogP contribution in [0.2, 0.25) is 0 Å². The summed E-state index contributed by atoms with van der Waals surface area (Å²) in [4.78, 5) is 25.1. The van der Waals surface area contributed by atoms with Crippen molar-refractivity contribution in [2.24, 2.45) is 10.2 Å². The summed E-state index contributed by atoms with van der Waals surface area (Å²) < 4.78 is 0. The highest BCUT2D eigenvalue weighted by atomic mass is 32.2. The molecule has 0 spiro atoms. The van der Waals surface area contributed by atoms with Gasteiger partial charge in [-0.25, -0.2) is 0 Å². The third-order valence-corrected chi connectivity index (χ3v) is 4.43. The van der Waals surface area contributed by atoms with Crippen LogP contribution >= 0.6 is 11.8 Å². The highest BCUT2D eigenvalue weighted by molar-refractivity contribution is 8.18. The van der Waals surface area contributed by atoms with Gasteiger partial charge < -0.3 is 5.11 Å². The minimum Gasteiger partial charge on any atom is -0.480 e. The van der Waals surface area contributed by atoms with Crippen LogP contribution < -0.4 is 0 Å². The fourth-order valence-corrected chi connectivity index (χ4v) is 3.18. The Morgan fingerprint density at radius 2 is 1.65 bits per heavy atom. The summed E-state index contributed by atoms with van der Waals surface area (Å²) in [7, 11) is 0. The Morgan fingerprint density at radius 1 is 1.04 bits per heavy atom. The number of amidine groups is 1. The molecular weight excluding hydrogens is 350 g/mol. The monoisotopic (exact) mass is 365 g/mol. The Bertz CT molecular complexity index is 893. The van der Waals surface area contributed by atoms with Gasteiger partial charge in [-0.15, -0.1) is 5.10 Å². The van der Waals surface area contributed by atoms with E-state index in [1.807, 2.05) is 60.7 Å². The van der Waals surface area contributed by atoms with Gasteiger partial charge in [0, 0.05) is 0 Å². The van der Waals surface area contributed by atoms with Gasteiger partial charge in [0.25, 0.3) is 5.91 Å². The Morgan fingerprint density at radius 3 is 2.27 bits per heavy atom. The van der Waals surface area contributed by atoms with E-state index in [4.69, 9.17) is 5.11 Å². The number of amides is 1. The van der Waals surface area contributed by atoms with Gasteiger partial charge in [-0.3, -0.25) is 14.5 Å². The molecule has 0 bridgehead atoms. The summed E-state index contributed by atoms with van der Waals surface area (Å²) >= 11 is 1.11. The number of carboxylic acids is 1. The van der Waals surface area contributed by atoms with Crippen molar-refractivity contribution in [1.29, 1.82) is 0 Å². The standard InChI is InChI=1S/C19H15N3O3S/c23-17(24)13-22-18(25)16(11-14-7-3-1-4-8-14)26-19(22)21-20-12-15-9-5-2-6-10-15/h1-12H,13H2,(H,23,24). The van der Waals surface area contributed by atoms with Crippen molar-refractivity contribution in [1.82, 2.24) is 4.90 Å². The molecule has 7 heteroatoms. The van der Waals surface area contributed by atoms with Crippen molar-refractivity contribution in [3.05, 3.63) is 76.7 Å². The fraction of sp³-hybridized carbons (Fsp3) is 0.0526. The normalized spacial score (nSPS) is 17.5. The van der Waals surface area contributed by atoms with Crippen LogP contribution in [0.25, 0.3) is 6.08 Å². The van der Waals surface area contributed by atoms with Gasteiger partial charge in [0.05, 0.1) is 11.1 Å². The smallest absolute Gasteiger partial charge is 0.323 e. The van der Waals surface area contributed by atoms with Crippen LogP contribution in [0.5, 0.6) is 0 Å². The lowest BCUT2D eigenvalue weighted by atomic mass is 10.2. The molecule has 6 nitrogen and oxygen atoms in total. The van der Waals surface area contributed by atoms with Crippen molar-refractivity contribution in [3.8, 4) is 0 Å². The summed E-state index contributed by atoms with van der Waals surface area (Å²) in [5.41, 5.74) is 1.71. The van der Waals surface area contributed by atoms with Crippen LogP contribution in [-0.4, -0.2) is 39.8 Å². The second-order valence-corrected chi connectivity index (χ2v) is 6.35. The SMILES string of the molecule is O=C(O)CN1C(=O)C(=Cc2ccccc2)SC1=NN=Cc1ccccc1. The number of aliphatic carboxylic acids is 1. The van der Waals surface area contributed by atoms with Gasteiger partial charge in [-0.1, -0.05) is 60.7 Å². The van der Waals surface area contributed by atoms with Crippen LogP contribution in [0.4, 0.5) is 0 Å². The van der Waals surface area contributed by atoms with Crippen molar-refractivity contribution in [2.45, 2.75) is 0 Å². The number of hydrogen-bond acceptors (Lipinski definition) is 5. The number of hydrogen-bond donors (Lipinski definition) is 1. The van der Waals surface area contributed by atoms with E-state index in [1.165, 1.54) is 0 Å². The number of carbonyl (C=O) groups excluding carboxylic acids is 1. The summed E-state index contributed by atoms with van der Waals surface area (Å²) in [6, 6.07) is 18.7. The largest absolute Gasteiger partial charge is 0.480 e. The number of rotatable bonds is 5. The van der Waals surface area contributed by atoms with Crippen LogP contribution in [0, 0.1) is 0 Å². The summed E-state index contributed by atoms with van der Waals surface area (Å²) in [6.07, 6.45) is 3.27. The van der Waals surface area contributed by atoms with Crippen molar-refractivity contribution >= 4 is 41.1 Å². The average molecular weight is 365 g/mol. The molecule has 26 heavy (non-hydrogen) atoms. The number of benzene rings is 2. The van der Waals surface area contributed by atoms with Crippen molar-refractivity contribution in [2.75, 3.05) is 6.54 Å². The highest BCUT2D eigenvalue weighted by Crippen LogP contribution is 2.32. The quantitative estimate of drug-likeness (QED) is 0.501. The van der Waals surface area contributed by atoms with E-state index < -0.39 is 18.4 Å². The molecule has 1 amide bonds. The highest BCUT2D eigenvalue weighted by Gasteiger charge is 2.34. The zero-order valence-electron chi connectivity index (χ0n) is 13.6. The molecule has 0 aliphatic carbocycles. The molecule has 130 valence electrons. The molecule has 1 aliphatic heterocycles. The first-order chi connectivity index (χ1) is 12.6.